The van der Waals surface area contributed by atoms with Gasteiger partial charge < -0.3 is 11.1 Å². The van der Waals surface area contributed by atoms with Crippen LogP contribution in [0.15, 0.2) is 0 Å². The van der Waals surface area contributed by atoms with Gasteiger partial charge >= 0.3 is 0 Å². The van der Waals surface area contributed by atoms with Gasteiger partial charge in [-0.05, 0) is 6.42 Å². The molecular formula is C8H16N3O2P. The molecular weight excluding hydrogens is 201 g/mol. The summed E-state index contributed by atoms with van der Waals surface area (Å²) in [6, 6.07) is 0. The molecule has 2 unspecified atom stereocenters. The third kappa shape index (κ3) is 3.33. The highest BCUT2D eigenvalue weighted by atomic mass is 31.0. The molecule has 0 radical (unpaired) electrons. The molecule has 2 atom stereocenters. The minimum absolute atomic E-state index is 0.0121. The number of nitrogens with two attached hydrogens (primary N) is 1. The van der Waals surface area contributed by atoms with Crippen molar-refractivity contribution in [3.05, 3.63) is 0 Å². The van der Waals surface area contributed by atoms with Crippen LogP contribution in [0.3, 0.4) is 0 Å². The third-order valence-electron chi connectivity index (χ3n) is 2.22. The Hall–Kier alpha value is -0.510. The molecule has 5 nitrogen and oxygen atoms in total. The zero-order valence-electron chi connectivity index (χ0n) is 8.03. The topological polar surface area (TPSA) is 75.4 Å². The fraction of sp³-hybridized carbons (Fsp3) is 0.750. The smallest absolute Gasteiger partial charge is 0.224 e. The first kappa shape index (κ1) is 11.6. The third-order valence-corrected chi connectivity index (χ3v) is 2.62. The zero-order valence-corrected chi connectivity index (χ0v) is 9.19. The van der Waals surface area contributed by atoms with E-state index in [1.807, 2.05) is 0 Å². The molecule has 6 heteroatoms. The molecule has 0 aliphatic carbocycles. The summed E-state index contributed by atoms with van der Waals surface area (Å²) in [6.07, 6.45) is 0.848. The van der Waals surface area contributed by atoms with Crippen molar-refractivity contribution in [1.82, 2.24) is 9.99 Å². The maximum Gasteiger partial charge on any atom is 0.224 e. The van der Waals surface area contributed by atoms with Crippen molar-refractivity contribution < 1.29 is 9.59 Å². The van der Waals surface area contributed by atoms with Crippen molar-refractivity contribution in [1.29, 1.82) is 0 Å². The Labute approximate surface area is 85.6 Å². The minimum atomic E-state index is -0.0154. The second kappa shape index (κ2) is 5.39. The summed E-state index contributed by atoms with van der Waals surface area (Å²) in [5.74, 6) is 0.0779. The van der Waals surface area contributed by atoms with Crippen LogP contribution in [0, 0.1) is 5.92 Å². The van der Waals surface area contributed by atoms with Crippen molar-refractivity contribution in [3.63, 3.8) is 0 Å². The maximum absolute atomic E-state index is 11.2. The van der Waals surface area contributed by atoms with E-state index in [1.54, 1.807) is 4.67 Å². The lowest BCUT2D eigenvalue weighted by Crippen LogP contribution is -2.32. The number of nitrogens with one attached hydrogen (secondary N) is 1. The van der Waals surface area contributed by atoms with Crippen LogP contribution in [0.25, 0.3) is 0 Å². The van der Waals surface area contributed by atoms with Gasteiger partial charge in [0, 0.05) is 13.1 Å². The van der Waals surface area contributed by atoms with Crippen LogP contribution in [0.5, 0.6) is 0 Å². The predicted molar refractivity (Wildman–Crippen MR) is 56.5 cm³/mol. The lowest BCUT2D eigenvalue weighted by Gasteiger charge is -2.17. The summed E-state index contributed by atoms with van der Waals surface area (Å²) in [5, 5.41) is 2.76. The van der Waals surface area contributed by atoms with E-state index in [9.17, 15) is 9.59 Å². The highest BCUT2D eigenvalue weighted by Crippen LogP contribution is 2.13. The second-order valence-electron chi connectivity index (χ2n) is 3.45. The van der Waals surface area contributed by atoms with E-state index in [4.69, 9.17) is 5.73 Å². The number of hydrogen-bond donors (Lipinski definition) is 2. The number of Topliss-reactive ketones (excluding diaryl/α,β-unsaturated/α-hetero) is 1. The number of rotatable bonds is 5. The summed E-state index contributed by atoms with van der Waals surface area (Å²) >= 11 is 0. The normalized spacial score (nSPS) is 21.4. The maximum atomic E-state index is 11.2. The standard InChI is InChI=1S/C8H16N3O2P/c9-3-7(12)5-11(14)4-6-1-2-10-8(6)13/h6H,1-5,9,14H2,(H,10,13). The molecule has 1 amide bonds. The summed E-state index contributed by atoms with van der Waals surface area (Å²) in [7, 11) is 2.46. The molecule has 1 rings (SSSR count). The SMILES string of the molecule is NCC(=O)CN(P)CC1CCNC1=O. The number of nitrogens with zero attached hydrogens (tertiary/aromatic N) is 1. The van der Waals surface area contributed by atoms with Crippen molar-refractivity contribution >= 4 is 21.1 Å². The van der Waals surface area contributed by atoms with Crippen LogP contribution in [0.2, 0.25) is 0 Å². The Balaban J connectivity index is 2.29. The highest BCUT2D eigenvalue weighted by molar-refractivity contribution is 7.13. The first-order valence-electron chi connectivity index (χ1n) is 4.62. The molecule has 1 aliphatic rings. The quantitative estimate of drug-likeness (QED) is 0.564. The molecule has 0 saturated carbocycles. The second-order valence-corrected chi connectivity index (χ2v) is 4.18. The molecule has 0 bridgehead atoms. The van der Waals surface area contributed by atoms with Gasteiger partial charge in [0.25, 0.3) is 0 Å². The first-order chi connectivity index (χ1) is 6.63. The van der Waals surface area contributed by atoms with Gasteiger partial charge in [0.1, 0.15) is 0 Å². The van der Waals surface area contributed by atoms with E-state index in [1.165, 1.54) is 0 Å². The van der Waals surface area contributed by atoms with Crippen LogP contribution < -0.4 is 11.1 Å². The van der Waals surface area contributed by atoms with Crippen LogP contribution in [0.1, 0.15) is 6.42 Å². The fourth-order valence-electron chi connectivity index (χ4n) is 1.46. The first-order valence-corrected chi connectivity index (χ1v) is 5.14. The van der Waals surface area contributed by atoms with Gasteiger partial charge in [-0.1, -0.05) is 9.39 Å². The minimum Gasteiger partial charge on any atom is -0.356 e. The molecule has 1 heterocycles. The zero-order chi connectivity index (χ0) is 10.6. The molecule has 0 aromatic carbocycles. The number of carbonyl (C=O) groups is 2. The Morgan fingerprint density at radius 1 is 1.71 bits per heavy atom. The Bertz CT molecular complexity index is 235. The van der Waals surface area contributed by atoms with Crippen LogP contribution in [-0.4, -0.2) is 42.5 Å². The summed E-state index contributed by atoms with van der Waals surface area (Å²) in [4.78, 5) is 22.2. The summed E-state index contributed by atoms with van der Waals surface area (Å²) in [5.41, 5.74) is 5.19. The van der Waals surface area contributed by atoms with Gasteiger partial charge in [0.15, 0.2) is 5.78 Å². The number of ketones is 1. The number of amides is 1. The molecule has 3 N–H and O–H groups in total. The number of hydrogen-bond acceptors (Lipinski definition) is 4. The Morgan fingerprint density at radius 2 is 2.43 bits per heavy atom. The largest absolute Gasteiger partial charge is 0.356 e. The Kier molecular flexibility index (Phi) is 4.45. The average Bonchev–Trinajstić information content (AvgIpc) is 2.51. The molecule has 14 heavy (non-hydrogen) atoms. The van der Waals surface area contributed by atoms with E-state index >= 15 is 0 Å². The van der Waals surface area contributed by atoms with E-state index in [-0.39, 0.29) is 24.2 Å². The van der Waals surface area contributed by atoms with Crippen LogP contribution in [-0.2, 0) is 9.59 Å². The van der Waals surface area contributed by atoms with Gasteiger partial charge in [0.2, 0.25) is 5.91 Å². The lowest BCUT2D eigenvalue weighted by molar-refractivity contribution is -0.123. The van der Waals surface area contributed by atoms with E-state index < -0.39 is 0 Å². The molecule has 0 aromatic heterocycles. The fourth-order valence-corrected chi connectivity index (χ4v) is 1.92. The van der Waals surface area contributed by atoms with Crippen molar-refractivity contribution in [3.8, 4) is 0 Å². The lowest BCUT2D eigenvalue weighted by atomic mass is 10.1. The van der Waals surface area contributed by atoms with Gasteiger partial charge in [-0.2, -0.15) is 0 Å². The van der Waals surface area contributed by atoms with Crippen molar-refractivity contribution in [2.45, 2.75) is 6.42 Å². The Morgan fingerprint density at radius 3 is 2.93 bits per heavy atom. The molecule has 0 aromatic rings. The van der Waals surface area contributed by atoms with Crippen LogP contribution >= 0.6 is 9.39 Å². The van der Waals surface area contributed by atoms with E-state index in [0.717, 1.165) is 13.0 Å². The number of carbonyl (C=O) groups excluding carboxylic acids is 2. The van der Waals surface area contributed by atoms with E-state index in [0.29, 0.717) is 13.1 Å². The monoisotopic (exact) mass is 217 g/mol. The molecule has 0 spiro atoms. The van der Waals surface area contributed by atoms with Gasteiger partial charge in [-0.25, -0.2) is 0 Å². The van der Waals surface area contributed by atoms with Gasteiger partial charge in [-0.15, -0.1) is 0 Å². The molecule has 80 valence electrons. The molecule has 1 fully saturated rings. The van der Waals surface area contributed by atoms with E-state index in [2.05, 4.69) is 14.7 Å². The predicted octanol–water partition coefficient (Wildman–Crippen LogP) is -1.26. The average molecular weight is 217 g/mol. The van der Waals surface area contributed by atoms with Crippen LogP contribution in [0.4, 0.5) is 0 Å². The van der Waals surface area contributed by atoms with Gasteiger partial charge in [0.05, 0.1) is 19.0 Å². The highest BCUT2D eigenvalue weighted by Gasteiger charge is 2.25. The molecule has 1 saturated heterocycles. The van der Waals surface area contributed by atoms with Crippen molar-refractivity contribution in [2.75, 3.05) is 26.2 Å². The van der Waals surface area contributed by atoms with Crippen molar-refractivity contribution in [2.24, 2.45) is 11.7 Å². The molecule has 1 aliphatic heterocycles. The summed E-state index contributed by atoms with van der Waals surface area (Å²) in [6.45, 7) is 1.70. The summed E-state index contributed by atoms with van der Waals surface area (Å²) < 4.78 is 1.77. The van der Waals surface area contributed by atoms with Gasteiger partial charge in [-0.3, -0.25) is 14.3 Å².